The fourth-order valence-electron chi connectivity index (χ4n) is 2.14. The van der Waals surface area contributed by atoms with Gasteiger partial charge in [0, 0.05) is 5.33 Å². The summed E-state index contributed by atoms with van der Waals surface area (Å²) in [6.07, 6.45) is 7.78. The highest BCUT2D eigenvalue weighted by molar-refractivity contribution is 9.09. The lowest BCUT2D eigenvalue weighted by atomic mass is 9.87. The van der Waals surface area contributed by atoms with Crippen molar-refractivity contribution in [1.29, 1.82) is 0 Å². The summed E-state index contributed by atoms with van der Waals surface area (Å²) in [5.41, 5.74) is 1.57. The van der Waals surface area contributed by atoms with Crippen LogP contribution in [0.15, 0.2) is 24.3 Å². The summed E-state index contributed by atoms with van der Waals surface area (Å²) in [5, 5.41) is 1.14. The van der Waals surface area contributed by atoms with Crippen molar-refractivity contribution in [1.82, 2.24) is 0 Å². The maximum Gasteiger partial charge on any atom is 0.119 e. The van der Waals surface area contributed by atoms with E-state index in [9.17, 15) is 0 Å². The zero-order chi connectivity index (χ0) is 14.8. The van der Waals surface area contributed by atoms with Crippen molar-refractivity contribution in [2.75, 3.05) is 11.9 Å². The van der Waals surface area contributed by atoms with Gasteiger partial charge in [-0.2, -0.15) is 0 Å². The van der Waals surface area contributed by atoms with E-state index < -0.39 is 0 Å². The molecule has 0 atom stereocenters. The first kappa shape index (κ1) is 17.6. The lowest BCUT2D eigenvalue weighted by Gasteiger charge is -2.19. The van der Waals surface area contributed by atoms with Crippen LogP contribution in [-0.2, 0) is 5.41 Å². The van der Waals surface area contributed by atoms with Crippen LogP contribution in [0.3, 0.4) is 0 Å². The van der Waals surface area contributed by atoms with Crippen LogP contribution < -0.4 is 4.74 Å². The predicted octanol–water partition coefficient (Wildman–Crippen LogP) is 6.10. The average molecular weight is 341 g/mol. The molecule has 0 aliphatic heterocycles. The Labute approximate surface area is 133 Å². The molecule has 0 amide bonds. The number of ether oxygens (including phenoxy) is 1. The molecule has 0 saturated heterocycles. The molecule has 0 bridgehead atoms. The summed E-state index contributed by atoms with van der Waals surface area (Å²) in [5.74, 6) is 0.997. The van der Waals surface area contributed by atoms with Crippen molar-refractivity contribution in [2.45, 2.75) is 64.7 Å². The number of halogens is 1. The maximum absolute atomic E-state index is 5.79. The minimum Gasteiger partial charge on any atom is -0.494 e. The summed E-state index contributed by atoms with van der Waals surface area (Å²) in [6, 6.07) is 8.54. The van der Waals surface area contributed by atoms with E-state index in [0.717, 1.165) is 24.1 Å². The van der Waals surface area contributed by atoms with Gasteiger partial charge >= 0.3 is 0 Å². The van der Waals surface area contributed by atoms with Crippen molar-refractivity contribution in [3.8, 4) is 5.75 Å². The second-order valence-electron chi connectivity index (χ2n) is 6.43. The van der Waals surface area contributed by atoms with Crippen LogP contribution in [0.2, 0.25) is 0 Å². The molecule has 0 unspecified atom stereocenters. The highest BCUT2D eigenvalue weighted by Gasteiger charge is 2.12. The monoisotopic (exact) mass is 340 g/mol. The molecule has 0 spiro atoms. The summed E-state index contributed by atoms with van der Waals surface area (Å²) in [6.45, 7) is 7.54. The molecule has 1 aromatic carbocycles. The third-order valence-corrected chi connectivity index (χ3v) is 4.08. The summed E-state index contributed by atoms with van der Waals surface area (Å²) in [4.78, 5) is 0. The van der Waals surface area contributed by atoms with Gasteiger partial charge < -0.3 is 4.74 Å². The third kappa shape index (κ3) is 7.33. The molecule has 114 valence electrons. The van der Waals surface area contributed by atoms with Crippen molar-refractivity contribution in [3.05, 3.63) is 29.8 Å². The molecule has 0 aliphatic carbocycles. The van der Waals surface area contributed by atoms with Gasteiger partial charge in [0.1, 0.15) is 5.75 Å². The Bertz CT molecular complexity index is 351. The molecule has 0 aliphatic rings. The van der Waals surface area contributed by atoms with E-state index in [0.29, 0.717) is 0 Å². The Hall–Kier alpha value is -0.500. The van der Waals surface area contributed by atoms with Gasteiger partial charge in [0.25, 0.3) is 0 Å². The molecule has 0 saturated carbocycles. The first-order chi connectivity index (χ1) is 9.54. The van der Waals surface area contributed by atoms with Gasteiger partial charge in [-0.25, -0.2) is 0 Å². The van der Waals surface area contributed by atoms with Crippen LogP contribution in [0.25, 0.3) is 0 Å². The van der Waals surface area contributed by atoms with Crippen LogP contribution >= 0.6 is 15.9 Å². The van der Waals surface area contributed by atoms with Gasteiger partial charge in [0.15, 0.2) is 0 Å². The quantitative estimate of drug-likeness (QED) is 0.390. The molecule has 2 heteroatoms. The molecule has 0 radical (unpaired) electrons. The lowest BCUT2D eigenvalue weighted by molar-refractivity contribution is 0.304. The number of rotatable bonds is 9. The number of benzene rings is 1. The van der Waals surface area contributed by atoms with E-state index >= 15 is 0 Å². The third-order valence-electron chi connectivity index (χ3n) is 3.52. The van der Waals surface area contributed by atoms with Gasteiger partial charge in [-0.15, -0.1) is 0 Å². The fraction of sp³-hybridized carbons (Fsp3) is 0.667. The Morgan fingerprint density at radius 3 is 1.95 bits per heavy atom. The number of hydrogen-bond donors (Lipinski definition) is 0. The predicted molar refractivity (Wildman–Crippen MR) is 92.1 cm³/mol. The van der Waals surface area contributed by atoms with Crippen LogP contribution in [0.4, 0.5) is 0 Å². The van der Waals surface area contributed by atoms with Crippen molar-refractivity contribution < 1.29 is 4.74 Å². The Balaban J connectivity index is 2.13. The van der Waals surface area contributed by atoms with Crippen LogP contribution in [0.5, 0.6) is 5.75 Å². The topological polar surface area (TPSA) is 9.23 Å². The first-order valence-electron chi connectivity index (χ1n) is 7.83. The van der Waals surface area contributed by atoms with Gasteiger partial charge in [-0.1, -0.05) is 74.5 Å². The Morgan fingerprint density at radius 1 is 0.850 bits per heavy atom. The van der Waals surface area contributed by atoms with Gasteiger partial charge in [0.05, 0.1) is 6.61 Å². The van der Waals surface area contributed by atoms with Crippen molar-refractivity contribution >= 4 is 15.9 Å². The summed E-state index contributed by atoms with van der Waals surface area (Å²) in [7, 11) is 0. The summed E-state index contributed by atoms with van der Waals surface area (Å²) < 4.78 is 5.79. The number of unbranched alkanes of at least 4 members (excludes halogenated alkanes) is 5. The van der Waals surface area contributed by atoms with E-state index in [2.05, 4.69) is 61.0 Å². The van der Waals surface area contributed by atoms with Gasteiger partial charge in [0.2, 0.25) is 0 Å². The lowest BCUT2D eigenvalue weighted by Crippen LogP contribution is -2.10. The first-order valence-corrected chi connectivity index (χ1v) is 8.95. The highest BCUT2D eigenvalue weighted by atomic mass is 79.9. The molecule has 1 aromatic rings. The van der Waals surface area contributed by atoms with Crippen molar-refractivity contribution in [3.63, 3.8) is 0 Å². The molecule has 1 nitrogen and oxygen atoms in total. The minimum atomic E-state index is 0.216. The van der Waals surface area contributed by atoms with Crippen LogP contribution in [0, 0.1) is 0 Å². The van der Waals surface area contributed by atoms with E-state index in [1.165, 1.54) is 37.7 Å². The van der Waals surface area contributed by atoms with Gasteiger partial charge in [-0.3, -0.25) is 0 Å². The Morgan fingerprint density at radius 2 is 1.40 bits per heavy atom. The standard InChI is InChI=1S/C18H29BrO/c1-18(2,3)16-10-12-17(13-11-16)20-15-9-7-5-4-6-8-14-19/h10-13H,4-9,14-15H2,1-3H3. The van der Waals surface area contributed by atoms with Crippen LogP contribution in [0.1, 0.15) is 64.9 Å². The summed E-state index contributed by atoms with van der Waals surface area (Å²) >= 11 is 3.47. The smallest absolute Gasteiger partial charge is 0.119 e. The Kier molecular flexibility index (Phi) is 8.28. The largest absolute Gasteiger partial charge is 0.494 e. The van der Waals surface area contributed by atoms with Crippen LogP contribution in [-0.4, -0.2) is 11.9 Å². The van der Waals surface area contributed by atoms with E-state index in [-0.39, 0.29) is 5.41 Å². The second kappa shape index (κ2) is 9.44. The molecule has 0 fully saturated rings. The second-order valence-corrected chi connectivity index (χ2v) is 7.23. The maximum atomic E-state index is 5.79. The molecule has 0 aromatic heterocycles. The zero-order valence-corrected chi connectivity index (χ0v) is 14.8. The zero-order valence-electron chi connectivity index (χ0n) is 13.3. The minimum absolute atomic E-state index is 0.216. The normalized spacial score (nSPS) is 11.6. The number of alkyl halides is 1. The van der Waals surface area contributed by atoms with E-state index in [1.807, 2.05) is 0 Å². The molecule has 0 heterocycles. The van der Waals surface area contributed by atoms with Gasteiger partial charge in [-0.05, 0) is 36.0 Å². The molecular weight excluding hydrogens is 312 g/mol. The fourth-order valence-corrected chi connectivity index (χ4v) is 2.54. The average Bonchev–Trinajstić information content (AvgIpc) is 2.41. The van der Waals surface area contributed by atoms with E-state index in [1.54, 1.807) is 0 Å². The molecule has 20 heavy (non-hydrogen) atoms. The van der Waals surface area contributed by atoms with Crippen molar-refractivity contribution in [2.24, 2.45) is 0 Å². The SMILES string of the molecule is CC(C)(C)c1ccc(OCCCCCCCCBr)cc1. The molecular formula is C18H29BrO. The van der Waals surface area contributed by atoms with E-state index in [4.69, 9.17) is 4.74 Å². The molecule has 1 rings (SSSR count). The number of hydrogen-bond acceptors (Lipinski definition) is 1. The molecule has 0 N–H and O–H groups in total. The highest BCUT2D eigenvalue weighted by Crippen LogP contribution is 2.24.